The van der Waals surface area contributed by atoms with Crippen LogP contribution in [0.1, 0.15) is 36.8 Å². The van der Waals surface area contributed by atoms with Crippen LogP contribution >= 0.6 is 0 Å². The molecular weight excluding hydrogens is 697 g/mol. The summed E-state index contributed by atoms with van der Waals surface area (Å²) < 4.78 is 53.3. The molecule has 4 aromatic rings. The van der Waals surface area contributed by atoms with Crippen molar-refractivity contribution >= 4 is 45.6 Å². The van der Waals surface area contributed by atoms with E-state index >= 15 is 0 Å². The van der Waals surface area contributed by atoms with Crippen molar-refractivity contribution in [2.24, 2.45) is 10.8 Å². The number of amides is 1. The molecular formula is C40H47F3N8O3. The van der Waals surface area contributed by atoms with Gasteiger partial charge in [0.25, 0.3) is 0 Å². The molecule has 0 unspecified atom stereocenters. The van der Waals surface area contributed by atoms with Gasteiger partial charge in [0.1, 0.15) is 11.3 Å². The van der Waals surface area contributed by atoms with Crippen LogP contribution in [0, 0.1) is 17.8 Å². The number of likely N-dealkylation sites (tertiary alicyclic amines) is 2. The minimum atomic E-state index is -4.59. The third-order valence-corrected chi connectivity index (χ3v) is 12.2. The van der Waals surface area contributed by atoms with Crippen LogP contribution in [0.4, 0.5) is 24.9 Å². The lowest BCUT2D eigenvalue weighted by molar-refractivity contribution is -0.153. The highest BCUT2D eigenvalue weighted by Gasteiger charge is 2.48. The smallest absolute Gasteiger partial charge is 0.422 e. The van der Waals surface area contributed by atoms with Crippen molar-refractivity contribution in [2.45, 2.75) is 38.8 Å². The Morgan fingerprint density at radius 3 is 2.33 bits per heavy atom. The van der Waals surface area contributed by atoms with E-state index in [9.17, 15) is 18.0 Å². The van der Waals surface area contributed by atoms with E-state index in [2.05, 4.69) is 38.1 Å². The van der Waals surface area contributed by atoms with E-state index in [1.807, 2.05) is 30.0 Å². The predicted molar refractivity (Wildman–Crippen MR) is 204 cm³/mol. The fraction of sp³-hybridized carbons (Fsp3) is 0.500. The Balaban J connectivity index is 1.23. The maximum atomic E-state index is 14.0. The topological polar surface area (TPSA) is 103 Å². The Morgan fingerprint density at radius 1 is 0.963 bits per heavy atom. The van der Waals surface area contributed by atoms with Crippen molar-refractivity contribution < 1.29 is 27.4 Å². The fourth-order valence-corrected chi connectivity index (χ4v) is 9.03. The number of benzene rings is 2. The minimum absolute atomic E-state index is 0.0318. The van der Waals surface area contributed by atoms with E-state index in [4.69, 9.17) is 19.4 Å². The third kappa shape index (κ3) is 6.57. The Bertz CT molecular complexity index is 2080. The first kappa shape index (κ1) is 36.3. The lowest BCUT2D eigenvalue weighted by Crippen LogP contribution is -2.62. The predicted octanol–water partition coefficient (Wildman–Crippen LogP) is 6.23. The molecule has 1 amide bonds. The minimum Gasteiger partial charge on any atom is -0.481 e. The number of alkyl halides is 3. The second-order valence-electron chi connectivity index (χ2n) is 15.7. The number of H-pyrrole nitrogens is 1. The number of nitrogens with zero attached hydrogens (tertiary/aromatic N) is 7. The number of hydrogen-bond acceptors (Lipinski definition) is 9. The molecule has 4 aliphatic heterocycles. The van der Waals surface area contributed by atoms with Crippen molar-refractivity contribution in [3.05, 3.63) is 54.8 Å². The Kier molecular flexibility index (Phi) is 9.32. The molecule has 2 spiro atoms. The number of carbonyl (C=O) groups excluding carboxylic acids is 1. The molecule has 6 heterocycles. The number of nitrogens with one attached hydrogen (secondary N) is 1. The van der Waals surface area contributed by atoms with Crippen molar-refractivity contribution in [1.29, 1.82) is 0 Å². The number of aromatic nitrogens is 4. The zero-order valence-corrected chi connectivity index (χ0v) is 31.0. The summed E-state index contributed by atoms with van der Waals surface area (Å²) in [5.41, 5.74) is 3.93. The molecule has 286 valence electrons. The number of ether oxygens (including phenoxy) is 2. The first-order chi connectivity index (χ1) is 25.9. The summed E-state index contributed by atoms with van der Waals surface area (Å²) in [6.45, 7) is 16.1. The van der Waals surface area contributed by atoms with Crippen LogP contribution in [-0.2, 0) is 9.53 Å². The molecule has 0 bridgehead atoms. The van der Waals surface area contributed by atoms with E-state index in [1.54, 1.807) is 19.4 Å². The number of hydrogen-bond donors (Lipinski definition) is 1. The van der Waals surface area contributed by atoms with Crippen molar-refractivity contribution in [2.75, 3.05) is 89.0 Å². The maximum absolute atomic E-state index is 14.0. The lowest BCUT2D eigenvalue weighted by atomic mass is 9.72. The van der Waals surface area contributed by atoms with E-state index in [1.165, 1.54) is 6.08 Å². The molecule has 4 aliphatic rings. The van der Waals surface area contributed by atoms with E-state index in [-0.39, 0.29) is 22.5 Å². The molecule has 8 rings (SSSR count). The molecule has 11 nitrogen and oxygen atoms in total. The second kappa shape index (κ2) is 13.9. The van der Waals surface area contributed by atoms with Crippen LogP contribution in [0.15, 0.2) is 43.6 Å². The van der Waals surface area contributed by atoms with E-state index in [0.29, 0.717) is 72.1 Å². The zero-order valence-electron chi connectivity index (χ0n) is 31.0. The normalized spacial score (nSPS) is 19.7. The molecule has 0 aliphatic carbocycles. The summed E-state index contributed by atoms with van der Waals surface area (Å²) in [5, 5.41) is 8.62. The number of methoxy groups -OCH3 is 1. The molecule has 2 aromatic heterocycles. The number of piperidine rings is 2. The largest absolute Gasteiger partial charge is 0.481 e. The molecule has 0 atom stereocenters. The van der Waals surface area contributed by atoms with Gasteiger partial charge >= 0.3 is 6.18 Å². The van der Waals surface area contributed by atoms with E-state index in [0.717, 1.165) is 74.9 Å². The summed E-state index contributed by atoms with van der Waals surface area (Å²) >= 11 is 0. The first-order valence-corrected chi connectivity index (χ1v) is 18.7. The van der Waals surface area contributed by atoms with Gasteiger partial charge in [0, 0.05) is 80.1 Å². The number of aromatic amines is 1. The van der Waals surface area contributed by atoms with Crippen molar-refractivity contribution in [3.63, 3.8) is 0 Å². The molecule has 1 N–H and O–H groups in total. The average Bonchev–Trinajstić information content (AvgIpc) is 3.62. The van der Waals surface area contributed by atoms with Crippen molar-refractivity contribution in [3.8, 4) is 16.9 Å². The van der Waals surface area contributed by atoms with Gasteiger partial charge in [0.05, 0.1) is 18.3 Å². The second-order valence-corrected chi connectivity index (χ2v) is 15.7. The van der Waals surface area contributed by atoms with Crippen LogP contribution in [0.25, 0.3) is 39.0 Å². The van der Waals surface area contributed by atoms with Gasteiger partial charge in [0.15, 0.2) is 12.4 Å². The highest BCUT2D eigenvalue weighted by Crippen LogP contribution is 2.49. The van der Waals surface area contributed by atoms with Gasteiger partial charge in [-0.15, -0.1) is 0 Å². The molecule has 4 saturated heterocycles. The zero-order chi connectivity index (χ0) is 37.8. The van der Waals surface area contributed by atoms with Gasteiger partial charge in [-0.25, -0.2) is 4.98 Å². The molecule has 0 radical (unpaired) electrons. The highest BCUT2D eigenvalue weighted by atomic mass is 19.4. The quantitative estimate of drug-likeness (QED) is 0.190. The number of fused-ring (bicyclic) bond motifs is 2. The van der Waals surface area contributed by atoms with Gasteiger partial charge in [0.2, 0.25) is 11.9 Å². The average molecular weight is 745 g/mol. The standard InChI is InChI=1S/C40H47F3N8O3/c1-5-27-19-28-34(35(54-25-40(41,42)43)33(27)32-26(3)7-8-30-29(32)20-44-47-30)45-37(51-23-38(24-51)9-13-48(14-10-38)17-18-53-4)46-36(28)49-15-11-39(12-16-49)21-50(22-39)31(52)6-2/h5-8,19-20H,1-2,9-18,21-25H2,3-4H3,(H,44,47). The van der Waals surface area contributed by atoms with E-state index < -0.39 is 12.8 Å². The third-order valence-electron chi connectivity index (χ3n) is 12.2. The number of aryl methyl sites for hydroxylation is 1. The molecule has 0 saturated carbocycles. The fourth-order valence-electron chi connectivity index (χ4n) is 9.03. The summed E-state index contributed by atoms with van der Waals surface area (Å²) in [7, 11) is 1.72. The van der Waals surface area contributed by atoms with Gasteiger partial charge < -0.3 is 29.1 Å². The molecule has 4 fully saturated rings. The SMILES string of the molecule is C=CC(=O)N1CC2(CCN(c3nc(N4CC5(CCN(CCOC)CC5)C4)nc4c(OCC(F)(F)F)c(-c5c(C)ccc6[nH]ncc56)c(C=C)cc34)CC2)C1. The first-order valence-electron chi connectivity index (χ1n) is 18.7. The molecule has 54 heavy (non-hydrogen) atoms. The highest BCUT2D eigenvalue weighted by molar-refractivity contribution is 6.07. The molecule has 14 heteroatoms. The summed E-state index contributed by atoms with van der Waals surface area (Å²) in [6.07, 6.45) is 3.93. The lowest BCUT2D eigenvalue weighted by Gasteiger charge is -2.54. The van der Waals surface area contributed by atoms with Gasteiger partial charge in [-0.05, 0) is 80.6 Å². The number of rotatable bonds is 10. The van der Waals surface area contributed by atoms with Crippen LogP contribution in [0.3, 0.4) is 0 Å². The monoisotopic (exact) mass is 744 g/mol. The van der Waals surface area contributed by atoms with Crippen LogP contribution < -0.4 is 14.5 Å². The molecule has 2 aromatic carbocycles. The van der Waals surface area contributed by atoms with Gasteiger partial charge in [-0.3, -0.25) is 9.89 Å². The summed E-state index contributed by atoms with van der Waals surface area (Å²) in [6, 6.07) is 5.77. The number of carbonyl (C=O) groups is 1. The Labute approximate surface area is 312 Å². The van der Waals surface area contributed by atoms with Crippen molar-refractivity contribution in [1.82, 2.24) is 30.0 Å². The van der Waals surface area contributed by atoms with Gasteiger partial charge in [-0.1, -0.05) is 25.3 Å². The maximum Gasteiger partial charge on any atom is 0.422 e. The Hall–Kier alpha value is -4.69. The number of anilines is 2. The number of halogens is 3. The Morgan fingerprint density at radius 2 is 1.67 bits per heavy atom. The summed E-state index contributed by atoms with van der Waals surface area (Å²) in [5.74, 6) is 1.16. The van der Waals surface area contributed by atoms with Crippen LogP contribution in [0.5, 0.6) is 5.75 Å². The van der Waals surface area contributed by atoms with Crippen LogP contribution in [0.2, 0.25) is 0 Å². The summed E-state index contributed by atoms with van der Waals surface area (Å²) in [4.78, 5) is 31.2. The van der Waals surface area contributed by atoms with Crippen LogP contribution in [-0.4, -0.2) is 121 Å². The van der Waals surface area contributed by atoms with Gasteiger partial charge in [-0.2, -0.15) is 23.3 Å².